The van der Waals surface area contributed by atoms with Crippen LogP contribution in [-0.4, -0.2) is 11.6 Å². The summed E-state index contributed by atoms with van der Waals surface area (Å²) in [6, 6.07) is 0. The largest absolute Gasteiger partial charge is 0.294 e. The van der Waals surface area contributed by atoms with Gasteiger partial charge in [-0.05, 0) is 26.3 Å². The lowest BCUT2D eigenvalue weighted by molar-refractivity contribution is -0.684. The molecule has 0 aliphatic heterocycles. The summed E-state index contributed by atoms with van der Waals surface area (Å²) in [5.41, 5.74) is 3.95. The Balaban J connectivity index is 3.80. The maximum absolute atomic E-state index is 11.6. The van der Waals surface area contributed by atoms with Crippen molar-refractivity contribution in [1.29, 1.82) is 0 Å². The van der Waals surface area contributed by atoms with Crippen LogP contribution < -0.4 is 4.57 Å². The number of ketones is 2. The van der Waals surface area contributed by atoms with E-state index in [1.807, 2.05) is 32.4 Å². The van der Waals surface area contributed by atoms with Gasteiger partial charge in [0, 0.05) is 13.8 Å². The highest BCUT2D eigenvalue weighted by Gasteiger charge is 2.25. The molecule has 0 atom stereocenters. The lowest BCUT2D eigenvalue weighted by atomic mass is 9.95. The molecule has 1 aromatic rings. The van der Waals surface area contributed by atoms with E-state index < -0.39 is 0 Å². The summed E-state index contributed by atoms with van der Waals surface area (Å²) in [4.78, 5) is 23.2. The van der Waals surface area contributed by atoms with Crippen LogP contribution in [0.15, 0.2) is 0 Å². The van der Waals surface area contributed by atoms with Crippen molar-refractivity contribution in [2.24, 2.45) is 7.05 Å². The van der Waals surface area contributed by atoms with Crippen LogP contribution >= 0.6 is 0 Å². The number of carbonyl (C=O) groups excluding carboxylic acids is 2. The molecule has 0 radical (unpaired) electrons. The summed E-state index contributed by atoms with van der Waals surface area (Å²) in [6.07, 6.45) is 0. The summed E-state index contributed by atoms with van der Waals surface area (Å²) < 4.78 is 1.90. The Labute approximate surface area is 96.1 Å². The molecule has 0 amide bonds. The fraction of sp³-hybridized carbons (Fsp3) is 0.462. The third kappa shape index (κ3) is 1.77. The van der Waals surface area contributed by atoms with E-state index in [2.05, 4.69) is 0 Å². The van der Waals surface area contributed by atoms with Gasteiger partial charge in [0.15, 0.2) is 23.0 Å². The molecule has 3 heteroatoms. The lowest BCUT2D eigenvalue weighted by Crippen LogP contribution is -2.40. The fourth-order valence-electron chi connectivity index (χ4n) is 2.29. The van der Waals surface area contributed by atoms with Crippen molar-refractivity contribution in [2.75, 3.05) is 0 Å². The van der Waals surface area contributed by atoms with Crippen molar-refractivity contribution in [1.82, 2.24) is 0 Å². The summed E-state index contributed by atoms with van der Waals surface area (Å²) in [5, 5.41) is 0. The number of carbonyl (C=O) groups is 2. The van der Waals surface area contributed by atoms with Crippen molar-refractivity contribution in [3.05, 3.63) is 28.1 Å². The average molecular weight is 220 g/mol. The fourth-order valence-corrected chi connectivity index (χ4v) is 2.29. The zero-order chi connectivity index (χ0) is 12.6. The third-order valence-electron chi connectivity index (χ3n) is 3.18. The predicted octanol–water partition coefficient (Wildman–Crippen LogP) is 1.84. The Kier molecular flexibility index (Phi) is 3.27. The molecule has 3 nitrogen and oxygen atoms in total. The Morgan fingerprint density at radius 2 is 1.19 bits per heavy atom. The van der Waals surface area contributed by atoms with E-state index in [1.165, 1.54) is 13.8 Å². The smallest absolute Gasteiger partial charge is 0.189 e. The first-order valence-electron chi connectivity index (χ1n) is 5.30. The van der Waals surface area contributed by atoms with Crippen LogP contribution in [0.4, 0.5) is 0 Å². The van der Waals surface area contributed by atoms with Crippen LogP contribution in [0, 0.1) is 20.8 Å². The van der Waals surface area contributed by atoms with Gasteiger partial charge >= 0.3 is 0 Å². The molecule has 1 aromatic heterocycles. The van der Waals surface area contributed by atoms with E-state index in [1.54, 1.807) is 0 Å². The maximum atomic E-state index is 11.6. The Morgan fingerprint density at radius 1 is 0.875 bits per heavy atom. The molecule has 0 bridgehead atoms. The molecule has 16 heavy (non-hydrogen) atoms. The van der Waals surface area contributed by atoms with Crippen LogP contribution in [0.2, 0.25) is 0 Å². The number of rotatable bonds is 2. The highest BCUT2D eigenvalue weighted by Crippen LogP contribution is 2.19. The van der Waals surface area contributed by atoms with Gasteiger partial charge in [-0.15, -0.1) is 0 Å². The van der Waals surface area contributed by atoms with Crippen molar-refractivity contribution < 1.29 is 14.2 Å². The highest BCUT2D eigenvalue weighted by molar-refractivity contribution is 6.02. The lowest BCUT2D eigenvalue weighted by Gasteiger charge is -2.11. The first-order chi connectivity index (χ1) is 7.29. The second kappa shape index (κ2) is 4.16. The summed E-state index contributed by atoms with van der Waals surface area (Å²) in [7, 11) is 1.88. The standard InChI is InChI=1S/C13H18NO2/c1-7-12(10(4)15)8(2)14(6)9(3)13(7)11(5)16/h1-6H3/q+1. The molecule has 0 spiro atoms. The predicted molar refractivity (Wildman–Crippen MR) is 61.8 cm³/mol. The maximum Gasteiger partial charge on any atom is 0.189 e. The van der Waals surface area contributed by atoms with Crippen LogP contribution in [0.25, 0.3) is 0 Å². The Hall–Kier alpha value is -1.51. The van der Waals surface area contributed by atoms with Crippen LogP contribution in [-0.2, 0) is 7.05 Å². The van der Waals surface area contributed by atoms with Gasteiger partial charge in [0.1, 0.15) is 7.05 Å². The SMILES string of the molecule is CC(=O)c1c(C)c(C(C)=O)c(C)[n+](C)c1C. The quantitative estimate of drug-likeness (QED) is 0.563. The summed E-state index contributed by atoms with van der Waals surface area (Å²) >= 11 is 0. The van der Waals surface area contributed by atoms with Gasteiger partial charge in [-0.2, -0.15) is 0 Å². The second-order valence-electron chi connectivity index (χ2n) is 4.22. The molecule has 0 aliphatic carbocycles. The van der Waals surface area contributed by atoms with Gasteiger partial charge in [0.25, 0.3) is 0 Å². The summed E-state index contributed by atoms with van der Waals surface area (Å²) in [6.45, 7) is 8.72. The third-order valence-corrected chi connectivity index (χ3v) is 3.18. The Morgan fingerprint density at radius 3 is 1.44 bits per heavy atom. The van der Waals surface area contributed by atoms with Gasteiger partial charge in [0.2, 0.25) is 0 Å². The topological polar surface area (TPSA) is 38.0 Å². The molecule has 86 valence electrons. The number of hydrogen-bond donors (Lipinski definition) is 0. The van der Waals surface area contributed by atoms with E-state index in [-0.39, 0.29) is 11.6 Å². The van der Waals surface area contributed by atoms with Gasteiger partial charge in [-0.1, -0.05) is 0 Å². The van der Waals surface area contributed by atoms with Crippen LogP contribution in [0.3, 0.4) is 0 Å². The molecular formula is C13H18NO2+. The first-order valence-corrected chi connectivity index (χ1v) is 5.30. The van der Waals surface area contributed by atoms with Gasteiger partial charge in [-0.3, -0.25) is 9.59 Å². The molecule has 0 unspecified atom stereocenters. The molecule has 0 aromatic carbocycles. The minimum atomic E-state index is 0.00750. The minimum absolute atomic E-state index is 0.00750. The zero-order valence-corrected chi connectivity index (χ0v) is 10.8. The number of pyridine rings is 1. The normalized spacial score (nSPS) is 10.4. The van der Waals surface area contributed by atoms with Crippen molar-refractivity contribution >= 4 is 11.6 Å². The number of nitrogens with zero attached hydrogens (tertiary/aromatic N) is 1. The molecular weight excluding hydrogens is 202 g/mol. The molecule has 1 heterocycles. The monoisotopic (exact) mass is 220 g/mol. The van der Waals surface area contributed by atoms with Gasteiger partial charge < -0.3 is 0 Å². The van der Waals surface area contributed by atoms with E-state index >= 15 is 0 Å². The Bertz CT molecular complexity index is 446. The first kappa shape index (κ1) is 12.6. The second-order valence-corrected chi connectivity index (χ2v) is 4.22. The van der Waals surface area contributed by atoms with E-state index in [9.17, 15) is 9.59 Å². The highest BCUT2D eigenvalue weighted by atomic mass is 16.1. The van der Waals surface area contributed by atoms with Crippen molar-refractivity contribution in [3.63, 3.8) is 0 Å². The summed E-state index contributed by atoms with van der Waals surface area (Å²) in [5.74, 6) is 0.0150. The number of hydrogen-bond acceptors (Lipinski definition) is 2. The van der Waals surface area contributed by atoms with E-state index in [0.717, 1.165) is 17.0 Å². The van der Waals surface area contributed by atoms with Crippen LogP contribution in [0.5, 0.6) is 0 Å². The molecule has 0 saturated heterocycles. The molecule has 0 saturated carbocycles. The number of aromatic nitrogens is 1. The van der Waals surface area contributed by atoms with E-state index in [4.69, 9.17) is 0 Å². The molecule has 0 fully saturated rings. The molecule has 0 aliphatic rings. The van der Waals surface area contributed by atoms with Gasteiger partial charge in [-0.25, -0.2) is 4.57 Å². The van der Waals surface area contributed by atoms with E-state index in [0.29, 0.717) is 11.1 Å². The molecule has 0 N–H and O–H groups in total. The van der Waals surface area contributed by atoms with Crippen molar-refractivity contribution in [2.45, 2.75) is 34.6 Å². The zero-order valence-electron chi connectivity index (χ0n) is 10.8. The average Bonchev–Trinajstić information content (AvgIpc) is 2.13. The minimum Gasteiger partial charge on any atom is -0.294 e. The van der Waals surface area contributed by atoms with Gasteiger partial charge in [0.05, 0.1) is 11.1 Å². The van der Waals surface area contributed by atoms with Crippen LogP contribution in [0.1, 0.15) is 51.5 Å². The number of Topliss-reactive ketones (excluding diaryl/α,β-unsaturated/α-hetero) is 2. The molecule has 1 rings (SSSR count). The van der Waals surface area contributed by atoms with Crippen molar-refractivity contribution in [3.8, 4) is 0 Å².